The van der Waals surface area contributed by atoms with Crippen molar-refractivity contribution in [1.82, 2.24) is 25.5 Å². The standard InChI is InChI=1S/C18H21F3N6O4/c19-18(20,21)13-5-23-6-14(25-13)24-11-7-30-12(17(29)16(11)28)8-31-15-2-1-10(26-27-15)9-3-22-4-9/h1-2,5-6,9,11-12,16-17,22,28-29H,3-4,7-8H2,(H,24,25)/t11-,12+,16+,17-/m0/s1. The molecule has 0 aromatic carbocycles. The van der Waals surface area contributed by atoms with Gasteiger partial charge in [0.2, 0.25) is 5.88 Å². The number of rotatable bonds is 6. The number of halogens is 3. The van der Waals surface area contributed by atoms with Crippen molar-refractivity contribution >= 4 is 5.82 Å². The Hall–Kier alpha value is -2.61. The normalized spacial score (nSPS) is 26.9. The number of aromatic nitrogens is 4. The molecule has 4 heterocycles. The fourth-order valence-electron chi connectivity index (χ4n) is 3.21. The quantitative estimate of drug-likeness (QED) is 0.482. The minimum absolute atomic E-state index is 0.0900. The highest BCUT2D eigenvalue weighted by Crippen LogP contribution is 2.28. The summed E-state index contributed by atoms with van der Waals surface area (Å²) in [5.41, 5.74) is -0.307. The van der Waals surface area contributed by atoms with Crippen LogP contribution in [0.3, 0.4) is 0 Å². The third kappa shape index (κ3) is 5.01. The van der Waals surface area contributed by atoms with Gasteiger partial charge in [-0.25, -0.2) is 4.98 Å². The van der Waals surface area contributed by atoms with Crippen LogP contribution in [-0.2, 0) is 10.9 Å². The lowest BCUT2D eigenvalue weighted by Gasteiger charge is -2.37. The van der Waals surface area contributed by atoms with Gasteiger partial charge in [-0.05, 0) is 6.07 Å². The van der Waals surface area contributed by atoms with Gasteiger partial charge in [-0.2, -0.15) is 18.3 Å². The summed E-state index contributed by atoms with van der Waals surface area (Å²) in [5.74, 6) is 0.397. The van der Waals surface area contributed by atoms with Gasteiger partial charge in [0.25, 0.3) is 0 Å². The molecule has 0 unspecified atom stereocenters. The molecule has 0 aliphatic carbocycles. The molecule has 2 aromatic rings. The highest BCUT2D eigenvalue weighted by atomic mass is 19.4. The minimum atomic E-state index is -4.65. The van der Waals surface area contributed by atoms with Crippen LogP contribution in [0, 0.1) is 0 Å². The number of anilines is 1. The lowest BCUT2D eigenvalue weighted by molar-refractivity contribution is -0.150. The maximum Gasteiger partial charge on any atom is 0.434 e. The SMILES string of the molecule is O[C@@H]1[C@H](O)[C@@H](Nc2cncc(C(F)(F)F)n2)CO[C@@H]1COc1ccc(C2CNC2)nn1. The second-order valence-electron chi connectivity index (χ2n) is 7.35. The van der Waals surface area contributed by atoms with Crippen LogP contribution in [0.5, 0.6) is 5.88 Å². The van der Waals surface area contributed by atoms with E-state index in [-0.39, 0.29) is 24.9 Å². The van der Waals surface area contributed by atoms with E-state index in [2.05, 4.69) is 30.8 Å². The summed E-state index contributed by atoms with van der Waals surface area (Å²) in [7, 11) is 0. The van der Waals surface area contributed by atoms with Crippen LogP contribution in [0.15, 0.2) is 24.5 Å². The summed E-state index contributed by atoms with van der Waals surface area (Å²) in [6.07, 6.45) is -6.51. The fourth-order valence-corrected chi connectivity index (χ4v) is 3.21. The Morgan fingerprint density at radius 2 is 1.97 bits per heavy atom. The monoisotopic (exact) mass is 442 g/mol. The van der Waals surface area contributed by atoms with E-state index in [1.807, 2.05) is 6.07 Å². The van der Waals surface area contributed by atoms with Gasteiger partial charge < -0.3 is 30.3 Å². The maximum atomic E-state index is 12.8. The summed E-state index contributed by atoms with van der Waals surface area (Å²) in [4.78, 5) is 6.93. The summed E-state index contributed by atoms with van der Waals surface area (Å²) in [6.45, 7) is 1.53. The van der Waals surface area contributed by atoms with Crippen LogP contribution in [-0.4, -0.2) is 81.0 Å². The number of hydrogen-bond acceptors (Lipinski definition) is 10. The summed E-state index contributed by atoms with van der Waals surface area (Å²) in [5, 5.41) is 34.6. The highest BCUT2D eigenvalue weighted by molar-refractivity contribution is 5.34. The molecule has 2 aliphatic rings. The largest absolute Gasteiger partial charge is 0.474 e. The Morgan fingerprint density at radius 3 is 2.61 bits per heavy atom. The van der Waals surface area contributed by atoms with Crippen molar-refractivity contribution in [2.75, 3.05) is 31.6 Å². The topological polar surface area (TPSA) is 135 Å². The molecule has 4 N–H and O–H groups in total. The van der Waals surface area contributed by atoms with E-state index < -0.39 is 36.2 Å². The first kappa shape index (κ1) is 21.6. The van der Waals surface area contributed by atoms with Gasteiger partial charge in [0.1, 0.15) is 30.7 Å². The molecule has 31 heavy (non-hydrogen) atoms. The van der Waals surface area contributed by atoms with Crippen molar-refractivity contribution in [3.63, 3.8) is 0 Å². The van der Waals surface area contributed by atoms with Crippen molar-refractivity contribution < 1.29 is 32.9 Å². The van der Waals surface area contributed by atoms with Crippen LogP contribution in [0.1, 0.15) is 17.3 Å². The third-order valence-corrected chi connectivity index (χ3v) is 5.15. The highest BCUT2D eigenvalue weighted by Gasteiger charge is 2.39. The smallest absolute Gasteiger partial charge is 0.434 e. The Kier molecular flexibility index (Phi) is 6.18. The van der Waals surface area contributed by atoms with Crippen molar-refractivity contribution in [3.05, 3.63) is 35.9 Å². The van der Waals surface area contributed by atoms with Gasteiger partial charge in [0.15, 0.2) is 5.69 Å². The predicted molar refractivity (Wildman–Crippen MR) is 99.3 cm³/mol. The second kappa shape index (κ2) is 8.86. The van der Waals surface area contributed by atoms with Gasteiger partial charge in [-0.1, -0.05) is 0 Å². The van der Waals surface area contributed by atoms with Crippen molar-refractivity contribution in [2.45, 2.75) is 36.4 Å². The molecule has 2 aliphatic heterocycles. The first-order valence-electron chi connectivity index (χ1n) is 9.62. The zero-order chi connectivity index (χ0) is 22.0. The lowest BCUT2D eigenvalue weighted by Crippen LogP contribution is -2.57. The summed E-state index contributed by atoms with van der Waals surface area (Å²) in [6, 6.07) is 2.60. The molecule has 10 nitrogen and oxygen atoms in total. The Morgan fingerprint density at radius 1 is 1.16 bits per heavy atom. The number of alkyl halides is 3. The van der Waals surface area contributed by atoms with Crippen LogP contribution in [0.4, 0.5) is 19.0 Å². The molecule has 0 amide bonds. The van der Waals surface area contributed by atoms with Crippen molar-refractivity contribution in [1.29, 1.82) is 0 Å². The van der Waals surface area contributed by atoms with E-state index in [1.165, 1.54) is 0 Å². The average Bonchev–Trinajstić information content (AvgIpc) is 2.70. The number of nitrogens with one attached hydrogen (secondary N) is 2. The summed E-state index contributed by atoms with van der Waals surface area (Å²) < 4.78 is 49.4. The molecule has 4 rings (SSSR count). The number of nitrogens with zero attached hydrogens (tertiary/aromatic N) is 4. The summed E-state index contributed by atoms with van der Waals surface area (Å²) >= 11 is 0. The zero-order valence-corrected chi connectivity index (χ0v) is 16.2. The molecule has 4 atom stereocenters. The first-order valence-corrected chi connectivity index (χ1v) is 9.62. The predicted octanol–water partition coefficient (Wildman–Crippen LogP) is -0.0477. The van der Waals surface area contributed by atoms with Gasteiger partial charge in [-0.3, -0.25) is 4.98 Å². The second-order valence-corrected chi connectivity index (χ2v) is 7.35. The van der Waals surface area contributed by atoms with E-state index in [9.17, 15) is 23.4 Å². The molecule has 2 aromatic heterocycles. The number of hydrogen-bond donors (Lipinski definition) is 4. The van der Waals surface area contributed by atoms with Crippen LogP contribution < -0.4 is 15.4 Å². The average molecular weight is 442 g/mol. The fraction of sp³-hybridized carbons (Fsp3) is 0.556. The Bertz CT molecular complexity index is 883. The maximum absolute atomic E-state index is 12.8. The molecule has 2 saturated heterocycles. The van der Waals surface area contributed by atoms with Crippen LogP contribution >= 0.6 is 0 Å². The lowest BCUT2D eigenvalue weighted by atomic mass is 9.98. The van der Waals surface area contributed by atoms with E-state index in [0.717, 1.165) is 25.0 Å². The minimum Gasteiger partial charge on any atom is -0.474 e. The van der Waals surface area contributed by atoms with Gasteiger partial charge >= 0.3 is 6.18 Å². The molecule has 0 radical (unpaired) electrons. The first-order chi connectivity index (χ1) is 14.8. The van der Waals surface area contributed by atoms with Crippen LogP contribution in [0.25, 0.3) is 0 Å². The molecule has 168 valence electrons. The van der Waals surface area contributed by atoms with Gasteiger partial charge in [0, 0.05) is 25.1 Å². The van der Waals surface area contributed by atoms with Crippen LogP contribution in [0.2, 0.25) is 0 Å². The Balaban J connectivity index is 1.30. The zero-order valence-electron chi connectivity index (χ0n) is 16.2. The van der Waals surface area contributed by atoms with Crippen molar-refractivity contribution in [3.8, 4) is 5.88 Å². The van der Waals surface area contributed by atoms with E-state index in [1.54, 1.807) is 6.07 Å². The van der Waals surface area contributed by atoms with E-state index in [4.69, 9.17) is 9.47 Å². The molecule has 13 heteroatoms. The molecular formula is C18H21F3N6O4. The molecule has 0 bridgehead atoms. The molecular weight excluding hydrogens is 421 g/mol. The molecule has 2 fully saturated rings. The van der Waals surface area contributed by atoms with E-state index >= 15 is 0 Å². The number of ether oxygens (including phenoxy) is 2. The van der Waals surface area contributed by atoms with Crippen molar-refractivity contribution in [2.24, 2.45) is 0 Å². The van der Waals surface area contributed by atoms with E-state index in [0.29, 0.717) is 12.1 Å². The number of aliphatic hydroxyl groups is 2. The molecule has 0 saturated carbocycles. The number of aliphatic hydroxyl groups excluding tert-OH is 2. The Labute approximate surface area is 174 Å². The van der Waals surface area contributed by atoms with Gasteiger partial charge in [-0.15, -0.1) is 5.10 Å². The third-order valence-electron chi connectivity index (χ3n) is 5.15. The molecule has 0 spiro atoms. The van der Waals surface area contributed by atoms with Gasteiger partial charge in [0.05, 0.1) is 30.7 Å².